The number of hydrogen-bond donors (Lipinski definition) is 1. The normalized spacial score (nSPS) is 17.6. The third-order valence-corrected chi connectivity index (χ3v) is 7.87. The van der Waals surface area contributed by atoms with Gasteiger partial charge in [-0.15, -0.1) is 0 Å². The summed E-state index contributed by atoms with van der Waals surface area (Å²) in [5, 5.41) is 11.7. The summed E-state index contributed by atoms with van der Waals surface area (Å²) in [5.74, 6) is -0.448. The predicted molar refractivity (Wildman–Crippen MR) is 152 cm³/mol. The maximum atomic E-state index is 13.6. The van der Waals surface area contributed by atoms with Gasteiger partial charge in [-0.2, -0.15) is 0 Å². The van der Waals surface area contributed by atoms with E-state index in [-0.39, 0.29) is 27.8 Å². The van der Waals surface area contributed by atoms with Gasteiger partial charge in [-0.3, -0.25) is 19.3 Å². The summed E-state index contributed by atoms with van der Waals surface area (Å²) in [7, 11) is 0. The highest BCUT2D eigenvalue weighted by molar-refractivity contribution is 7.18. The number of benzene rings is 2. The van der Waals surface area contributed by atoms with Crippen LogP contribution in [0.15, 0.2) is 42.0 Å². The number of aliphatic hydroxyl groups excluding tert-OH is 1. The first-order chi connectivity index (χ1) is 19.7. The number of carbonyl (C=O) groups is 3. The van der Waals surface area contributed by atoms with Crippen LogP contribution in [0.4, 0.5) is 5.13 Å². The number of anilines is 1. The van der Waals surface area contributed by atoms with Gasteiger partial charge in [0.05, 0.1) is 35.4 Å². The minimum atomic E-state index is -1.06. The quantitative estimate of drug-likeness (QED) is 0.157. The number of ether oxygens (including phenoxy) is 4. The molecule has 1 aromatic heterocycles. The minimum absolute atomic E-state index is 0.131. The van der Waals surface area contributed by atoms with Gasteiger partial charge in [0, 0.05) is 12.5 Å². The molecule has 0 spiro atoms. The van der Waals surface area contributed by atoms with Gasteiger partial charge in [-0.1, -0.05) is 24.3 Å². The second-order valence-corrected chi connectivity index (χ2v) is 10.5. The summed E-state index contributed by atoms with van der Waals surface area (Å²) in [5.41, 5.74) is 1.09. The van der Waals surface area contributed by atoms with E-state index in [4.69, 9.17) is 18.9 Å². The second-order valence-electron chi connectivity index (χ2n) is 9.48. The molecular formula is C30H30N2O8S. The summed E-state index contributed by atoms with van der Waals surface area (Å²) < 4.78 is 22.9. The average molecular weight is 579 g/mol. The van der Waals surface area contributed by atoms with Crippen molar-refractivity contribution in [2.75, 3.05) is 31.3 Å². The molecule has 1 fully saturated rings. The molecule has 0 radical (unpaired) electrons. The number of aryl methyl sites for hydroxylation is 1. The number of aliphatic hydroxyl groups is 1. The molecule has 3 aromatic rings. The Morgan fingerprint density at radius 1 is 1.07 bits per heavy atom. The number of rotatable bonds is 9. The van der Waals surface area contributed by atoms with Crippen LogP contribution in [-0.4, -0.2) is 54.0 Å². The van der Waals surface area contributed by atoms with Crippen LogP contribution in [0.5, 0.6) is 23.0 Å². The van der Waals surface area contributed by atoms with E-state index in [1.165, 1.54) is 11.8 Å². The number of Topliss-reactive ketones (excluding diaryl/α,β-unsaturated/α-hetero) is 2. The zero-order valence-corrected chi connectivity index (χ0v) is 24.0. The highest BCUT2D eigenvalue weighted by Crippen LogP contribution is 2.46. The van der Waals surface area contributed by atoms with Crippen LogP contribution in [0.2, 0.25) is 0 Å². The fourth-order valence-electron chi connectivity index (χ4n) is 4.80. The standard InChI is InChI=1S/C30H30N2O8S/c1-5-11-38-20-9-7-18(14-22(20)37-6-2)25-24(26(34)19-8-10-21-23(15-19)40-13-12-39-21)27(35)29(36)32(25)30-31-16(3)28(41-30)17(4)33/h7-10,14-15,25,34H,5-6,11-13H2,1-4H3/b26-24-. The van der Waals surface area contributed by atoms with Crippen LogP contribution >= 0.6 is 11.3 Å². The monoisotopic (exact) mass is 578 g/mol. The third kappa shape index (κ3) is 5.24. The smallest absolute Gasteiger partial charge is 0.301 e. The number of aromatic nitrogens is 1. The Labute approximate surface area is 241 Å². The SMILES string of the molecule is CCCOc1ccc(C2/C(=C(/O)c3ccc4c(c3)OCCO4)C(=O)C(=O)N2c2nc(C)c(C(C)=O)s2)cc1OCC. The van der Waals surface area contributed by atoms with Crippen molar-refractivity contribution in [3.8, 4) is 23.0 Å². The highest BCUT2D eigenvalue weighted by atomic mass is 32.1. The average Bonchev–Trinajstić information content (AvgIpc) is 3.48. The number of amides is 1. The van der Waals surface area contributed by atoms with E-state index in [1.54, 1.807) is 43.3 Å². The zero-order valence-electron chi connectivity index (χ0n) is 23.2. The van der Waals surface area contributed by atoms with E-state index in [0.717, 1.165) is 17.8 Å². The first-order valence-electron chi connectivity index (χ1n) is 13.3. The third-order valence-electron chi connectivity index (χ3n) is 6.62. The fourth-order valence-corrected chi connectivity index (χ4v) is 5.79. The molecule has 2 aliphatic heterocycles. The fraction of sp³-hybridized carbons (Fsp3) is 0.333. The maximum absolute atomic E-state index is 13.6. The van der Waals surface area contributed by atoms with E-state index in [1.807, 2.05) is 13.8 Å². The molecule has 2 aliphatic rings. The van der Waals surface area contributed by atoms with Crippen molar-refractivity contribution in [2.45, 2.75) is 40.2 Å². The van der Waals surface area contributed by atoms with Gasteiger partial charge in [-0.25, -0.2) is 4.98 Å². The molecule has 11 heteroatoms. The van der Waals surface area contributed by atoms with Crippen molar-refractivity contribution >= 4 is 39.7 Å². The molecule has 0 aliphatic carbocycles. The molecule has 2 aromatic carbocycles. The van der Waals surface area contributed by atoms with Gasteiger partial charge in [0.25, 0.3) is 5.78 Å². The molecule has 3 heterocycles. The van der Waals surface area contributed by atoms with Crippen molar-refractivity contribution in [3.63, 3.8) is 0 Å². The lowest BCUT2D eigenvalue weighted by molar-refractivity contribution is -0.132. The molecule has 5 rings (SSSR count). The van der Waals surface area contributed by atoms with Crippen molar-refractivity contribution in [1.82, 2.24) is 4.98 Å². The van der Waals surface area contributed by atoms with Crippen LogP contribution in [-0.2, 0) is 9.59 Å². The molecule has 1 saturated heterocycles. The van der Waals surface area contributed by atoms with Crippen molar-refractivity contribution in [1.29, 1.82) is 0 Å². The molecule has 1 N–H and O–H groups in total. The first-order valence-corrected chi connectivity index (χ1v) is 14.2. The predicted octanol–water partition coefficient (Wildman–Crippen LogP) is 5.24. The van der Waals surface area contributed by atoms with E-state index < -0.39 is 17.7 Å². The van der Waals surface area contributed by atoms with Gasteiger partial charge in [-0.05, 0) is 56.2 Å². The first kappa shape index (κ1) is 28.2. The molecule has 1 atom stereocenters. The Balaban J connectivity index is 1.70. The number of hydrogen-bond acceptors (Lipinski definition) is 10. The highest BCUT2D eigenvalue weighted by Gasteiger charge is 2.48. The van der Waals surface area contributed by atoms with Gasteiger partial charge < -0.3 is 24.1 Å². The minimum Gasteiger partial charge on any atom is -0.507 e. The topological polar surface area (TPSA) is 124 Å². The molecule has 1 amide bonds. The Morgan fingerprint density at radius 2 is 1.83 bits per heavy atom. The van der Waals surface area contributed by atoms with Crippen molar-refractivity contribution in [3.05, 3.63) is 63.7 Å². The number of ketones is 2. The lowest BCUT2D eigenvalue weighted by Gasteiger charge is -2.24. The molecule has 0 bridgehead atoms. The van der Waals surface area contributed by atoms with Crippen molar-refractivity contribution < 1.29 is 38.4 Å². The van der Waals surface area contributed by atoms with E-state index in [0.29, 0.717) is 65.6 Å². The van der Waals surface area contributed by atoms with Gasteiger partial charge in [0.2, 0.25) is 0 Å². The summed E-state index contributed by atoms with van der Waals surface area (Å²) in [6.45, 7) is 8.50. The van der Waals surface area contributed by atoms with Crippen LogP contribution in [0, 0.1) is 6.92 Å². The van der Waals surface area contributed by atoms with Crippen LogP contribution in [0.1, 0.15) is 59.7 Å². The van der Waals surface area contributed by atoms with Gasteiger partial charge >= 0.3 is 5.91 Å². The Bertz CT molecular complexity index is 1560. The number of fused-ring (bicyclic) bond motifs is 1. The van der Waals surface area contributed by atoms with Crippen LogP contribution < -0.4 is 23.8 Å². The summed E-state index contributed by atoms with van der Waals surface area (Å²) in [4.78, 5) is 45.5. The number of nitrogens with zero attached hydrogens (tertiary/aromatic N) is 2. The second kappa shape index (κ2) is 11.6. The summed E-state index contributed by atoms with van der Waals surface area (Å²) in [6.07, 6.45) is 0.797. The number of thiazole rings is 1. The van der Waals surface area contributed by atoms with Gasteiger partial charge in [0.1, 0.15) is 19.0 Å². The summed E-state index contributed by atoms with van der Waals surface area (Å²) >= 11 is 1.02. The van der Waals surface area contributed by atoms with E-state index in [2.05, 4.69) is 4.98 Å². The lowest BCUT2D eigenvalue weighted by atomic mass is 9.95. The van der Waals surface area contributed by atoms with Gasteiger partial charge in [0.15, 0.2) is 33.9 Å². The summed E-state index contributed by atoms with van der Waals surface area (Å²) in [6, 6.07) is 8.89. The van der Waals surface area contributed by atoms with Crippen LogP contribution in [0.25, 0.3) is 5.76 Å². The maximum Gasteiger partial charge on any atom is 0.301 e. The Kier molecular flexibility index (Phi) is 7.98. The van der Waals surface area contributed by atoms with Crippen LogP contribution in [0.3, 0.4) is 0 Å². The molecular weight excluding hydrogens is 548 g/mol. The molecule has 10 nitrogen and oxygen atoms in total. The largest absolute Gasteiger partial charge is 0.507 e. The Hall–Kier alpha value is -4.38. The molecule has 1 unspecified atom stereocenters. The van der Waals surface area contributed by atoms with E-state index in [9.17, 15) is 19.5 Å². The molecule has 41 heavy (non-hydrogen) atoms. The zero-order chi connectivity index (χ0) is 29.3. The lowest BCUT2D eigenvalue weighted by Crippen LogP contribution is -2.29. The molecule has 0 saturated carbocycles. The molecule has 214 valence electrons. The van der Waals surface area contributed by atoms with Crippen molar-refractivity contribution in [2.24, 2.45) is 0 Å². The number of carbonyl (C=O) groups excluding carboxylic acids is 3. The Morgan fingerprint density at radius 3 is 2.51 bits per heavy atom. The van der Waals surface area contributed by atoms with E-state index >= 15 is 0 Å².